The lowest BCUT2D eigenvalue weighted by molar-refractivity contribution is 0.210. The largest absolute Gasteiger partial charge is 0.451 e. The number of benzene rings is 2. The van der Waals surface area contributed by atoms with Crippen LogP contribution in [0.1, 0.15) is 0 Å². The van der Waals surface area contributed by atoms with E-state index in [-0.39, 0.29) is 26.9 Å². The van der Waals surface area contributed by atoms with Crippen molar-refractivity contribution in [3.05, 3.63) is 56.8 Å². The van der Waals surface area contributed by atoms with E-state index < -0.39 is 23.2 Å². The number of aromatic nitrogens is 2. The molecule has 0 atom stereocenters. The smallest absolute Gasteiger partial charge is 0.410 e. The maximum absolute atomic E-state index is 14.1. The van der Waals surface area contributed by atoms with Gasteiger partial charge in [0, 0.05) is 7.05 Å². The van der Waals surface area contributed by atoms with Gasteiger partial charge in [-0.15, -0.1) is 0 Å². The summed E-state index contributed by atoms with van der Waals surface area (Å²) in [5.41, 5.74) is 4.88. The van der Waals surface area contributed by atoms with E-state index in [1.54, 1.807) is 0 Å². The van der Waals surface area contributed by atoms with E-state index >= 15 is 0 Å². The van der Waals surface area contributed by atoms with Crippen molar-refractivity contribution in [1.29, 1.82) is 0 Å². The number of nitrogens with two attached hydrogens (primary N) is 1. The second-order valence-electron chi connectivity index (χ2n) is 5.14. The third-order valence-corrected chi connectivity index (χ3v) is 4.16. The Bertz CT molecular complexity index is 1100. The summed E-state index contributed by atoms with van der Waals surface area (Å²) in [6.07, 6.45) is 0.227. The highest BCUT2D eigenvalue weighted by molar-refractivity contribution is 6.37. The summed E-state index contributed by atoms with van der Waals surface area (Å²) in [4.78, 5) is 27.2. The molecule has 3 aromatic rings. The number of ether oxygens (including phenoxy) is 2. The van der Waals surface area contributed by atoms with E-state index in [4.69, 9.17) is 33.7 Å². The highest BCUT2D eigenvalue weighted by Gasteiger charge is 2.19. The van der Waals surface area contributed by atoms with Gasteiger partial charge in [-0.05, 0) is 24.3 Å². The Morgan fingerprint density at radius 1 is 1.19 bits per heavy atom. The highest BCUT2D eigenvalue weighted by Crippen LogP contribution is 2.41. The molecular weight excluding hydrogens is 388 g/mol. The van der Waals surface area contributed by atoms with E-state index in [0.717, 1.165) is 12.1 Å². The van der Waals surface area contributed by atoms with Crippen molar-refractivity contribution < 1.29 is 18.7 Å². The van der Waals surface area contributed by atoms with Gasteiger partial charge >= 0.3 is 6.09 Å². The fraction of sp³-hybridized carbons (Fsp3) is 0.0625. The number of carbonyl (C=O) groups excluding carboxylic acids is 1. The second kappa shape index (κ2) is 6.81. The molecule has 0 fully saturated rings. The molecule has 26 heavy (non-hydrogen) atoms. The molecule has 0 aliphatic rings. The summed E-state index contributed by atoms with van der Waals surface area (Å²) in [6.45, 7) is 0. The average molecular weight is 398 g/mol. The first-order valence-corrected chi connectivity index (χ1v) is 7.82. The van der Waals surface area contributed by atoms with Gasteiger partial charge in [-0.2, -0.15) is 0 Å². The Kier molecular flexibility index (Phi) is 4.71. The minimum absolute atomic E-state index is 0.0266. The average Bonchev–Trinajstić information content (AvgIpc) is 2.59. The lowest BCUT2D eigenvalue weighted by atomic mass is 10.2. The molecule has 3 rings (SSSR count). The normalized spacial score (nSPS) is 10.8. The van der Waals surface area contributed by atoms with Gasteiger partial charge in [0.25, 0.3) is 5.56 Å². The summed E-state index contributed by atoms with van der Waals surface area (Å²) in [7, 11) is 1.51. The molecule has 0 aliphatic heterocycles. The zero-order valence-corrected chi connectivity index (χ0v) is 14.6. The molecule has 134 valence electrons. The summed E-state index contributed by atoms with van der Waals surface area (Å²) >= 11 is 12.3. The maximum atomic E-state index is 14.1. The van der Waals surface area contributed by atoms with Crippen LogP contribution in [0.5, 0.6) is 17.2 Å². The van der Waals surface area contributed by atoms with Crippen molar-refractivity contribution in [2.75, 3.05) is 0 Å². The Hall–Kier alpha value is -2.84. The number of primary amides is 1. The van der Waals surface area contributed by atoms with Crippen molar-refractivity contribution in [2.45, 2.75) is 0 Å². The number of halogens is 3. The lowest BCUT2D eigenvalue weighted by Crippen LogP contribution is -2.17. The Morgan fingerprint density at radius 2 is 1.88 bits per heavy atom. The molecule has 0 bridgehead atoms. The molecule has 2 N–H and O–H groups in total. The molecule has 0 saturated carbocycles. The Morgan fingerprint density at radius 3 is 2.58 bits per heavy atom. The molecule has 1 aromatic heterocycles. The summed E-state index contributed by atoms with van der Waals surface area (Å²) in [6, 6.07) is 5.01. The predicted molar refractivity (Wildman–Crippen MR) is 93.7 cm³/mol. The monoisotopic (exact) mass is 397 g/mol. The lowest BCUT2D eigenvalue weighted by Gasteiger charge is -2.13. The molecule has 0 spiro atoms. The fourth-order valence-electron chi connectivity index (χ4n) is 2.22. The van der Waals surface area contributed by atoms with Crippen molar-refractivity contribution in [2.24, 2.45) is 12.8 Å². The summed E-state index contributed by atoms with van der Waals surface area (Å²) in [5, 5.41) is -0.276. The first kappa shape index (κ1) is 18.0. The molecule has 2 aromatic carbocycles. The van der Waals surface area contributed by atoms with Gasteiger partial charge < -0.3 is 19.8 Å². The molecule has 0 radical (unpaired) electrons. The number of amides is 1. The minimum Gasteiger partial charge on any atom is -0.451 e. The van der Waals surface area contributed by atoms with Crippen molar-refractivity contribution in [1.82, 2.24) is 9.55 Å². The molecular formula is C16H10Cl2FN3O4. The van der Waals surface area contributed by atoms with Crippen LogP contribution in [0.3, 0.4) is 0 Å². The molecule has 0 aliphatic carbocycles. The van der Waals surface area contributed by atoms with Crippen LogP contribution in [0.2, 0.25) is 10.0 Å². The van der Waals surface area contributed by atoms with Crippen LogP contribution in [0, 0.1) is 5.82 Å². The third kappa shape index (κ3) is 3.16. The number of hydrogen-bond donors (Lipinski definition) is 1. The van der Waals surface area contributed by atoms with Crippen LogP contribution in [0.25, 0.3) is 10.9 Å². The van der Waals surface area contributed by atoms with Gasteiger partial charge in [-0.3, -0.25) is 4.79 Å². The van der Waals surface area contributed by atoms with Crippen LogP contribution in [0.15, 0.2) is 35.4 Å². The summed E-state index contributed by atoms with van der Waals surface area (Å²) < 4.78 is 25.5. The SMILES string of the molecule is Cn1cnc2ccc(Oc3c(F)ccc(OC(N)=O)c3Cl)c(Cl)c2c1=O. The minimum atomic E-state index is -1.12. The van der Waals surface area contributed by atoms with Gasteiger partial charge in [0.05, 0.1) is 22.3 Å². The van der Waals surface area contributed by atoms with Crippen molar-refractivity contribution in [3.8, 4) is 17.2 Å². The first-order chi connectivity index (χ1) is 12.3. The van der Waals surface area contributed by atoms with Crippen LogP contribution in [-0.2, 0) is 7.05 Å². The van der Waals surface area contributed by atoms with E-state index in [9.17, 15) is 14.0 Å². The molecule has 1 heterocycles. The van der Waals surface area contributed by atoms with E-state index in [1.165, 1.54) is 30.1 Å². The van der Waals surface area contributed by atoms with Gasteiger partial charge in [-0.25, -0.2) is 14.2 Å². The molecule has 0 unspecified atom stereocenters. The topological polar surface area (TPSA) is 96.4 Å². The number of carbonyl (C=O) groups is 1. The highest BCUT2D eigenvalue weighted by atomic mass is 35.5. The standard InChI is InChI=1S/C16H10Cl2FN3O4/c1-22-6-21-8-3-5-9(12(17)11(8)15(22)23)25-14-7(19)2-4-10(13(14)18)26-16(20)24/h2-6H,1H3,(H2,20,24). The predicted octanol–water partition coefficient (Wildman–Crippen LogP) is 3.63. The van der Waals surface area contributed by atoms with Gasteiger partial charge in [0.2, 0.25) is 0 Å². The Labute approximate surface area is 155 Å². The zero-order valence-electron chi connectivity index (χ0n) is 13.1. The zero-order chi connectivity index (χ0) is 19.0. The molecule has 1 amide bonds. The van der Waals surface area contributed by atoms with Crippen LogP contribution < -0.4 is 20.8 Å². The van der Waals surface area contributed by atoms with Crippen molar-refractivity contribution >= 4 is 40.2 Å². The third-order valence-electron chi connectivity index (χ3n) is 3.42. The van der Waals surface area contributed by atoms with Crippen LogP contribution in [0.4, 0.5) is 9.18 Å². The fourth-order valence-corrected chi connectivity index (χ4v) is 2.73. The number of fused-ring (bicyclic) bond motifs is 1. The number of hydrogen-bond acceptors (Lipinski definition) is 5. The number of nitrogens with zero attached hydrogens (tertiary/aromatic N) is 2. The quantitative estimate of drug-likeness (QED) is 0.727. The Balaban J connectivity index is 2.13. The molecule has 0 saturated heterocycles. The van der Waals surface area contributed by atoms with Gasteiger partial charge in [0.1, 0.15) is 10.8 Å². The second-order valence-corrected chi connectivity index (χ2v) is 5.90. The summed E-state index contributed by atoms with van der Waals surface area (Å²) in [5.74, 6) is -1.49. The number of rotatable bonds is 3. The molecule has 10 heteroatoms. The van der Waals surface area contributed by atoms with Crippen LogP contribution in [-0.4, -0.2) is 15.6 Å². The number of aryl methyl sites for hydroxylation is 1. The van der Waals surface area contributed by atoms with Crippen molar-refractivity contribution in [3.63, 3.8) is 0 Å². The van der Waals surface area contributed by atoms with E-state index in [2.05, 4.69) is 9.72 Å². The van der Waals surface area contributed by atoms with Crippen LogP contribution >= 0.6 is 23.2 Å². The van der Waals surface area contributed by atoms with E-state index in [1.807, 2.05) is 0 Å². The maximum Gasteiger partial charge on any atom is 0.410 e. The van der Waals surface area contributed by atoms with Gasteiger partial charge in [0.15, 0.2) is 17.3 Å². The van der Waals surface area contributed by atoms with Gasteiger partial charge in [-0.1, -0.05) is 23.2 Å². The molecule has 7 nitrogen and oxygen atoms in total. The van der Waals surface area contributed by atoms with E-state index in [0.29, 0.717) is 5.52 Å². The first-order valence-electron chi connectivity index (χ1n) is 7.06.